The summed E-state index contributed by atoms with van der Waals surface area (Å²) in [5, 5.41) is 11.2. The van der Waals surface area contributed by atoms with Gasteiger partial charge in [0, 0.05) is 12.0 Å². The fourth-order valence-electron chi connectivity index (χ4n) is 2.04. The van der Waals surface area contributed by atoms with Gasteiger partial charge in [-0.25, -0.2) is 4.39 Å². The van der Waals surface area contributed by atoms with Gasteiger partial charge in [-0.05, 0) is 32.6 Å². The van der Waals surface area contributed by atoms with Crippen LogP contribution < -0.4 is 5.32 Å². The summed E-state index contributed by atoms with van der Waals surface area (Å²) in [6, 6.07) is -0.398. The summed E-state index contributed by atoms with van der Waals surface area (Å²) in [7, 11) is 0. The number of amides is 1. The van der Waals surface area contributed by atoms with E-state index in [2.05, 4.69) is 5.32 Å². The molecule has 0 aromatic carbocycles. The van der Waals surface area contributed by atoms with Crippen molar-refractivity contribution < 1.29 is 19.1 Å². The molecule has 0 spiro atoms. The Morgan fingerprint density at radius 1 is 1.50 bits per heavy atom. The van der Waals surface area contributed by atoms with Crippen LogP contribution in [0, 0.1) is 5.92 Å². The number of carboxylic acids is 1. The molecular weight excluding hydrogens is 213 g/mol. The van der Waals surface area contributed by atoms with Gasteiger partial charge >= 0.3 is 5.97 Å². The third-order valence-electron chi connectivity index (χ3n) is 2.85. The maximum atomic E-state index is 13.1. The summed E-state index contributed by atoms with van der Waals surface area (Å²) in [5.74, 6) is -1.45. The van der Waals surface area contributed by atoms with E-state index in [9.17, 15) is 14.0 Å². The first-order valence-corrected chi connectivity index (χ1v) is 5.65. The van der Waals surface area contributed by atoms with Gasteiger partial charge in [0.2, 0.25) is 5.91 Å². The van der Waals surface area contributed by atoms with E-state index in [-0.39, 0.29) is 24.7 Å². The van der Waals surface area contributed by atoms with Gasteiger partial charge in [-0.1, -0.05) is 0 Å². The van der Waals surface area contributed by atoms with Gasteiger partial charge in [0.15, 0.2) is 0 Å². The van der Waals surface area contributed by atoms with Crippen LogP contribution in [-0.4, -0.2) is 29.2 Å². The average molecular weight is 231 g/mol. The van der Waals surface area contributed by atoms with Gasteiger partial charge in [-0.3, -0.25) is 9.59 Å². The number of nitrogens with one attached hydrogen (secondary N) is 1. The quantitative estimate of drug-likeness (QED) is 0.770. The van der Waals surface area contributed by atoms with Crippen LogP contribution in [0.5, 0.6) is 0 Å². The molecular formula is C11H18FNO3. The molecule has 1 amide bonds. The number of carbonyl (C=O) groups is 2. The van der Waals surface area contributed by atoms with Gasteiger partial charge in [0.05, 0.1) is 6.42 Å². The minimum absolute atomic E-state index is 0.0997. The lowest BCUT2D eigenvalue weighted by molar-refractivity contribution is -0.137. The normalized spacial score (nSPS) is 27.1. The van der Waals surface area contributed by atoms with Gasteiger partial charge in [-0.15, -0.1) is 0 Å². The van der Waals surface area contributed by atoms with Crippen molar-refractivity contribution in [1.82, 2.24) is 5.32 Å². The highest BCUT2D eigenvalue weighted by atomic mass is 19.1. The standard InChI is InChI=1S/C11H18FNO3/c1-7(5-10(14)15)13-11(16)8-3-2-4-9(12)6-8/h7-9H,2-6H2,1H3,(H,13,16)(H,14,15). The van der Waals surface area contributed by atoms with Crippen molar-refractivity contribution in [3.63, 3.8) is 0 Å². The minimum Gasteiger partial charge on any atom is -0.481 e. The van der Waals surface area contributed by atoms with Crippen molar-refractivity contribution >= 4 is 11.9 Å². The van der Waals surface area contributed by atoms with E-state index >= 15 is 0 Å². The fraction of sp³-hybridized carbons (Fsp3) is 0.818. The number of rotatable bonds is 4. The number of carbonyl (C=O) groups excluding carboxylic acids is 1. The highest BCUT2D eigenvalue weighted by Gasteiger charge is 2.27. The number of hydrogen-bond acceptors (Lipinski definition) is 2. The molecule has 0 saturated heterocycles. The molecule has 16 heavy (non-hydrogen) atoms. The van der Waals surface area contributed by atoms with E-state index in [1.807, 2.05) is 0 Å². The van der Waals surface area contributed by atoms with Crippen molar-refractivity contribution in [2.45, 2.75) is 51.2 Å². The Kier molecular flexibility index (Phi) is 4.71. The third-order valence-corrected chi connectivity index (χ3v) is 2.85. The zero-order valence-corrected chi connectivity index (χ0v) is 9.41. The molecule has 5 heteroatoms. The molecule has 0 aromatic rings. The van der Waals surface area contributed by atoms with Crippen LogP contribution in [-0.2, 0) is 9.59 Å². The van der Waals surface area contributed by atoms with Crippen molar-refractivity contribution in [3.05, 3.63) is 0 Å². The number of alkyl halides is 1. The molecule has 0 heterocycles. The Labute approximate surface area is 94.2 Å². The summed E-state index contributed by atoms with van der Waals surface area (Å²) >= 11 is 0. The first kappa shape index (κ1) is 12.9. The monoisotopic (exact) mass is 231 g/mol. The van der Waals surface area contributed by atoms with Crippen LogP contribution in [0.3, 0.4) is 0 Å². The number of halogens is 1. The van der Waals surface area contributed by atoms with E-state index in [0.29, 0.717) is 12.8 Å². The Morgan fingerprint density at radius 3 is 2.75 bits per heavy atom. The van der Waals surface area contributed by atoms with E-state index in [1.54, 1.807) is 6.92 Å². The summed E-state index contributed by atoms with van der Waals surface area (Å²) < 4.78 is 13.1. The van der Waals surface area contributed by atoms with Gasteiger partial charge in [0.25, 0.3) is 0 Å². The van der Waals surface area contributed by atoms with Crippen LogP contribution in [0.15, 0.2) is 0 Å². The largest absolute Gasteiger partial charge is 0.481 e. The average Bonchev–Trinajstić information content (AvgIpc) is 2.16. The highest BCUT2D eigenvalue weighted by molar-refractivity contribution is 5.79. The topological polar surface area (TPSA) is 66.4 Å². The van der Waals surface area contributed by atoms with Crippen molar-refractivity contribution in [1.29, 1.82) is 0 Å². The molecule has 1 aliphatic carbocycles. The minimum atomic E-state index is -0.945. The van der Waals surface area contributed by atoms with Crippen molar-refractivity contribution in [2.24, 2.45) is 5.92 Å². The molecule has 1 rings (SSSR count). The first-order chi connectivity index (χ1) is 7.49. The predicted molar refractivity (Wildman–Crippen MR) is 56.7 cm³/mol. The SMILES string of the molecule is CC(CC(=O)O)NC(=O)C1CCCC(F)C1. The van der Waals surface area contributed by atoms with Crippen LogP contribution in [0.4, 0.5) is 4.39 Å². The second kappa shape index (κ2) is 5.82. The Balaban J connectivity index is 2.36. The molecule has 3 unspecified atom stereocenters. The van der Waals surface area contributed by atoms with Crippen molar-refractivity contribution in [2.75, 3.05) is 0 Å². The number of hydrogen-bond donors (Lipinski definition) is 2. The molecule has 1 fully saturated rings. The summed E-state index contributed by atoms with van der Waals surface area (Å²) in [5.41, 5.74) is 0. The maximum Gasteiger partial charge on any atom is 0.305 e. The van der Waals surface area contributed by atoms with Gasteiger partial charge in [-0.2, -0.15) is 0 Å². The van der Waals surface area contributed by atoms with E-state index < -0.39 is 18.2 Å². The van der Waals surface area contributed by atoms with Crippen LogP contribution in [0.25, 0.3) is 0 Å². The van der Waals surface area contributed by atoms with E-state index in [4.69, 9.17) is 5.11 Å². The van der Waals surface area contributed by atoms with Crippen LogP contribution in [0.1, 0.15) is 39.0 Å². The second-order valence-corrected chi connectivity index (χ2v) is 4.47. The maximum absolute atomic E-state index is 13.1. The van der Waals surface area contributed by atoms with Crippen LogP contribution in [0.2, 0.25) is 0 Å². The highest BCUT2D eigenvalue weighted by Crippen LogP contribution is 2.26. The molecule has 92 valence electrons. The lowest BCUT2D eigenvalue weighted by atomic mass is 9.87. The summed E-state index contributed by atoms with van der Waals surface area (Å²) in [4.78, 5) is 22.1. The molecule has 1 saturated carbocycles. The molecule has 2 N–H and O–H groups in total. The first-order valence-electron chi connectivity index (χ1n) is 5.65. The van der Waals surface area contributed by atoms with Gasteiger partial charge in [0.1, 0.15) is 6.17 Å². The lowest BCUT2D eigenvalue weighted by Crippen LogP contribution is -2.40. The predicted octanol–water partition coefficient (Wildman–Crippen LogP) is 1.49. The fourth-order valence-corrected chi connectivity index (χ4v) is 2.04. The molecule has 0 aromatic heterocycles. The Hall–Kier alpha value is -1.13. The Morgan fingerprint density at radius 2 is 2.19 bits per heavy atom. The molecule has 0 aliphatic heterocycles. The molecule has 4 nitrogen and oxygen atoms in total. The molecule has 0 radical (unpaired) electrons. The van der Waals surface area contributed by atoms with Crippen molar-refractivity contribution in [3.8, 4) is 0 Å². The van der Waals surface area contributed by atoms with E-state index in [0.717, 1.165) is 6.42 Å². The zero-order valence-electron chi connectivity index (χ0n) is 9.41. The number of carboxylic acid groups (broad SMARTS) is 1. The number of aliphatic carboxylic acids is 1. The summed E-state index contributed by atoms with van der Waals surface area (Å²) in [6.45, 7) is 1.64. The summed E-state index contributed by atoms with van der Waals surface area (Å²) in [6.07, 6.45) is 1.25. The smallest absolute Gasteiger partial charge is 0.305 e. The third kappa shape index (κ3) is 4.16. The Bertz CT molecular complexity index is 270. The zero-order chi connectivity index (χ0) is 12.1. The lowest BCUT2D eigenvalue weighted by Gasteiger charge is -2.25. The molecule has 1 aliphatic rings. The second-order valence-electron chi connectivity index (χ2n) is 4.47. The molecule has 3 atom stereocenters. The van der Waals surface area contributed by atoms with E-state index in [1.165, 1.54) is 0 Å². The molecule has 0 bridgehead atoms. The van der Waals surface area contributed by atoms with Gasteiger partial charge < -0.3 is 10.4 Å². The van der Waals surface area contributed by atoms with Crippen LogP contribution >= 0.6 is 0 Å².